The van der Waals surface area contributed by atoms with Crippen LogP contribution in [0.1, 0.15) is 80.9 Å². The van der Waals surface area contributed by atoms with Gasteiger partial charge in [0.15, 0.2) is 9.76 Å². The Morgan fingerprint density at radius 3 is 1.61 bits per heavy atom. The predicted octanol–water partition coefficient (Wildman–Crippen LogP) is 7.22. The molecule has 0 bridgehead atoms. The summed E-state index contributed by atoms with van der Waals surface area (Å²) < 4.78 is 6.99. The summed E-state index contributed by atoms with van der Waals surface area (Å²) in [5, 5.41) is 0. The SMILES string of the molecule is C1=CC2c3ccccc3[CH]([Zr][CH]3c4ccccc4C4C=CCCC43)C2CC1.C[SiH2]OC(C)C. The van der Waals surface area contributed by atoms with Crippen LogP contribution in [-0.4, -0.2) is 15.9 Å². The maximum Gasteiger partial charge on any atom is 0.158 e. The molecule has 6 unspecified atom stereocenters. The molecular weight excluding hydrogens is 496 g/mol. The molecular formula is C30H38OSiZr. The normalized spacial score (nSPS) is 31.0. The molecule has 0 heterocycles. The van der Waals surface area contributed by atoms with E-state index in [-0.39, 0.29) is 9.76 Å². The quantitative estimate of drug-likeness (QED) is 0.298. The third kappa shape index (κ3) is 4.75. The molecule has 0 aromatic heterocycles. The summed E-state index contributed by atoms with van der Waals surface area (Å²) in [5.41, 5.74) is 6.79. The molecule has 2 aromatic carbocycles. The molecule has 0 saturated carbocycles. The molecule has 3 heteroatoms. The van der Waals surface area contributed by atoms with Crippen molar-refractivity contribution < 1.29 is 27.7 Å². The third-order valence-electron chi connectivity index (χ3n) is 8.04. The standard InChI is InChI=1S/2C13H13.C4H12OSi.Zr/c2*1-3-7-12-10(5-1)9-11-6-2-4-8-13(11)12;1-4(2)5-6-3;/h2*1,3-5,7-9,11,13H,2,6H2;4H,6H2,1-3H3;. The first-order chi connectivity index (χ1) is 16.2. The first-order valence-corrected chi connectivity index (χ1v) is 17.9. The molecule has 4 aliphatic rings. The Hall–Kier alpha value is -1.02. The number of rotatable bonds is 4. The van der Waals surface area contributed by atoms with Gasteiger partial charge in [-0.2, -0.15) is 0 Å². The second-order valence-electron chi connectivity index (χ2n) is 10.3. The minimum absolute atomic E-state index is 0.133. The van der Waals surface area contributed by atoms with Gasteiger partial charge in [0.1, 0.15) is 0 Å². The van der Waals surface area contributed by atoms with E-state index in [1.165, 1.54) is 25.7 Å². The molecule has 6 atom stereocenters. The fourth-order valence-corrected chi connectivity index (χ4v) is 13.6. The van der Waals surface area contributed by atoms with E-state index in [2.05, 4.69) is 93.2 Å². The van der Waals surface area contributed by atoms with Gasteiger partial charge in [-0.05, 0) is 13.8 Å². The van der Waals surface area contributed by atoms with Crippen molar-refractivity contribution in [2.75, 3.05) is 0 Å². The van der Waals surface area contributed by atoms with Gasteiger partial charge >= 0.3 is 175 Å². The van der Waals surface area contributed by atoms with E-state index in [1.807, 2.05) is 0 Å². The Labute approximate surface area is 214 Å². The van der Waals surface area contributed by atoms with Crippen molar-refractivity contribution in [1.82, 2.24) is 0 Å². The van der Waals surface area contributed by atoms with Gasteiger partial charge in [0.2, 0.25) is 0 Å². The summed E-state index contributed by atoms with van der Waals surface area (Å²) in [6.45, 7) is 6.27. The van der Waals surface area contributed by atoms with E-state index >= 15 is 0 Å². The summed E-state index contributed by atoms with van der Waals surface area (Å²) in [6.07, 6.45) is 15.8. The average Bonchev–Trinajstić information content (AvgIpc) is 3.34. The first-order valence-electron chi connectivity index (χ1n) is 13.1. The molecule has 0 amide bonds. The Bertz CT molecular complexity index is 936. The zero-order chi connectivity index (χ0) is 22.8. The minimum atomic E-state index is -0.610. The van der Waals surface area contributed by atoms with Crippen LogP contribution in [0.5, 0.6) is 0 Å². The number of allylic oxidation sites excluding steroid dienone is 4. The smallest absolute Gasteiger partial charge is 0.158 e. The third-order valence-corrected chi connectivity index (χ3v) is 14.4. The van der Waals surface area contributed by atoms with Gasteiger partial charge in [0.25, 0.3) is 0 Å². The molecule has 0 N–H and O–H groups in total. The molecule has 0 spiro atoms. The first kappa shape index (κ1) is 23.7. The van der Waals surface area contributed by atoms with E-state index < -0.39 is 23.2 Å². The van der Waals surface area contributed by atoms with Gasteiger partial charge < -0.3 is 4.43 Å². The van der Waals surface area contributed by atoms with Crippen LogP contribution in [0.25, 0.3) is 0 Å². The Morgan fingerprint density at radius 1 is 0.758 bits per heavy atom. The van der Waals surface area contributed by atoms with Gasteiger partial charge in [0.05, 0.1) is 0 Å². The van der Waals surface area contributed by atoms with Crippen LogP contribution in [-0.2, 0) is 27.7 Å². The van der Waals surface area contributed by atoms with Crippen molar-refractivity contribution in [3.63, 3.8) is 0 Å². The molecule has 33 heavy (non-hydrogen) atoms. The van der Waals surface area contributed by atoms with Gasteiger partial charge in [-0.3, -0.25) is 0 Å². The van der Waals surface area contributed by atoms with Crippen LogP contribution < -0.4 is 0 Å². The average molecular weight is 534 g/mol. The predicted molar refractivity (Wildman–Crippen MR) is 138 cm³/mol. The topological polar surface area (TPSA) is 9.23 Å². The summed E-state index contributed by atoms with van der Waals surface area (Å²) in [4.78, 5) is 0. The van der Waals surface area contributed by atoms with Gasteiger partial charge in [-0.25, -0.2) is 0 Å². The van der Waals surface area contributed by atoms with Crippen molar-refractivity contribution >= 4 is 9.76 Å². The van der Waals surface area contributed by atoms with Crippen molar-refractivity contribution in [3.8, 4) is 0 Å². The van der Waals surface area contributed by atoms with Crippen LogP contribution in [0, 0.1) is 11.8 Å². The van der Waals surface area contributed by atoms with E-state index in [1.54, 1.807) is 22.3 Å². The van der Waals surface area contributed by atoms with E-state index in [0.29, 0.717) is 17.9 Å². The molecule has 0 fully saturated rings. The Morgan fingerprint density at radius 2 is 1.21 bits per heavy atom. The molecule has 172 valence electrons. The van der Waals surface area contributed by atoms with Crippen molar-refractivity contribution in [2.24, 2.45) is 11.8 Å². The van der Waals surface area contributed by atoms with E-state index in [0.717, 1.165) is 19.1 Å². The second kappa shape index (κ2) is 10.7. The molecule has 0 aliphatic heterocycles. The molecule has 2 aromatic rings. The zero-order valence-corrected chi connectivity index (χ0v) is 24.3. The number of hydrogen-bond donors (Lipinski definition) is 0. The minimum Gasteiger partial charge on any atom is -0.422 e. The van der Waals surface area contributed by atoms with Gasteiger partial charge in [-0.1, -0.05) is 6.55 Å². The second-order valence-corrected chi connectivity index (χ2v) is 15.1. The fraction of sp³-hybridized carbons (Fsp3) is 0.467. The van der Waals surface area contributed by atoms with Crippen LogP contribution in [0.15, 0.2) is 72.8 Å². The van der Waals surface area contributed by atoms with Gasteiger partial charge in [-0.15, -0.1) is 0 Å². The maximum atomic E-state index is 5.18. The fourth-order valence-electron chi connectivity index (χ4n) is 6.73. The molecule has 6 rings (SSSR count). The summed E-state index contributed by atoms with van der Waals surface area (Å²) >= 11 is -0.610. The van der Waals surface area contributed by atoms with Crippen molar-refractivity contribution in [3.05, 3.63) is 95.1 Å². The van der Waals surface area contributed by atoms with Crippen molar-refractivity contribution in [1.29, 1.82) is 0 Å². The van der Waals surface area contributed by atoms with Crippen LogP contribution in [0.3, 0.4) is 0 Å². The summed E-state index contributed by atoms with van der Waals surface area (Å²) in [5.74, 6) is 3.20. The van der Waals surface area contributed by atoms with Crippen LogP contribution in [0.2, 0.25) is 6.55 Å². The van der Waals surface area contributed by atoms with E-state index in [9.17, 15) is 0 Å². The van der Waals surface area contributed by atoms with Crippen LogP contribution >= 0.6 is 0 Å². The van der Waals surface area contributed by atoms with Crippen molar-refractivity contribution in [2.45, 2.75) is 71.3 Å². The number of hydrogen-bond acceptors (Lipinski definition) is 1. The van der Waals surface area contributed by atoms with Gasteiger partial charge in [0, 0.05) is 6.10 Å². The number of benzene rings is 2. The zero-order valence-electron chi connectivity index (χ0n) is 20.4. The monoisotopic (exact) mass is 532 g/mol. The Balaban J connectivity index is 0.000000340. The molecule has 0 radical (unpaired) electrons. The summed E-state index contributed by atoms with van der Waals surface area (Å²) in [6, 6.07) is 18.9. The molecule has 1 nitrogen and oxygen atoms in total. The van der Waals surface area contributed by atoms with E-state index in [4.69, 9.17) is 4.43 Å². The largest absolute Gasteiger partial charge is 0.422 e. The summed E-state index contributed by atoms with van der Waals surface area (Å²) in [7, 11) is -0.133. The Kier molecular flexibility index (Phi) is 7.70. The molecule has 4 aliphatic carbocycles. The maximum absolute atomic E-state index is 5.18. The van der Waals surface area contributed by atoms with Crippen LogP contribution in [0.4, 0.5) is 0 Å². The molecule has 0 saturated heterocycles. The number of fused-ring (bicyclic) bond motifs is 6.